The monoisotopic (exact) mass is 264 g/mol. The summed E-state index contributed by atoms with van der Waals surface area (Å²) in [7, 11) is 1.38. The van der Waals surface area contributed by atoms with E-state index in [0.717, 1.165) is 17.9 Å². The van der Waals surface area contributed by atoms with Crippen LogP contribution in [0.1, 0.15) is 20.3 Å². The second-order valence-electron chi connectivity index (χ2n) is 4.10. The quantitative estimate of drug-likeness (QED) is 0.799. The Balaban J connectivity index is 2.85. The summed E-state index contributed by atoms with van der Waals surface area (Å²) in [4.78, 5) is 24.4. The zero-order chi connectivity index (χ0) is 14.3. The molecule has 104 valence electrons. The number of esters is 1. The molecular weight excluding hydrogens is 244 g/mol. The van der Waals surface area contributed by atoms with Crippen LogP contribution in [0.3, 0.4) is 0 Å². The van der Waals surface area contributed by atoms with Crippen LogP contribution in [0.2, 0.25) is 0 Å². The van der Waals surface area contributed by atoms with Crippen molar-refractivity contribution in [1.29, 1.82) is 0 Å². The minimum Gasteiger partial charge on any atom is -0.469 e. The summed E-state index contributed by atoms with van der Waals surface area (Å²) >= 11 is 0. The smallest absolute Gasteiger partial charge is 0.307 e. The first-order valence-corrected chi connectivity index (χ1v) is 6.26. The molecule has 1 aromatic rings. The number of rotatable bonds is 6. The lowest BCUT2D eigenvalue weighted by atomic mass is 10.2. The molecule has 0 atom stereocenters. The molecule has 1 aromatic carbocycles. The van der Waals surface area contributed by atoms with Crippen molar-refractivity contribution in [2.24, 2.45) is 0 Å². The Morgan fingerprint density at radius 1 is 1.32 bits per heavy atom. The van der Waals surface area contributed by atoms with Crippen LogP contribution < -0.4 is 10.2 Å². The predicted molar refractivity (Wildman–Crippen MR) is 75.3 cm³/mol. The van der Waals surface area contributed by atoms with Gasteiger partial charge in [0, 0.05) is 20.0 Å². The highest BCUT2D eigenvalue weighted by Crippen LogP contribution is 2.25. The Bertz CT molecular complexity index is 446. The summed E-state index contributed by atoms with van der Waals surface area (Å²) in [6.45, 7) is 4.77. The van der Waals surface area contributed by atoms with Gasteiger partial charge in [0.15, 0.2) is 0 Å². The number of amides is 1. The van der Waals surface area contributed by atoms with Crippen LogP contribution in [0.15, 0.2) is 24.3 Å². The molecule has 0 spiro atoms. The van der Waals surface area contributed by atoms with Crippen LogP contribution in [0, 0.1) is 0 Å². The molecule has 5 nitrogen and oxygen atoms in total. The highest BCUT2D eigenvalue weighted by Gasteiger charge is 2.12. The van der Waals surface area contributed by atoms with Crippen molar-refractivity contribution in [3.63, 3.8) is 0 Å². The molecule has 1 rings (SSSR count). The van der Waals surface area contributed by atoms with Crippen molar-refractivity contribution in [3.05, 3.63) is 24.3 Å². The third kappa shape index (κ3) is 4.62. The molecule has 5 heteroatoms. The first-order chi connectivity index (χ1) is 9.08. The fourth-order valence-corrected chi connectivity index (χ4v) is 1.82. The minimum atomic E-state index is -0.240. The van der Waals surface area contributed by atoms with Gasteiger partial charge in [0.25, 0.3) is 0 Å². The molecule has 0 fully saturated rings. The second-order valence-corrected chi connectivity index (χ2v) is 4.10. The van der Waals surface area contributed by atoms with Gasteiger partial charge in [-0.3, -0.25) is 9.59 Å². The maximum absolute atomic E-state index is 11.2. The SMILES string of the molecule is CCN(CCC(=O)OC)c1ccccc1NC(C)=O. The number of carbonyl (C=O) groups is 2. The molecule has 0 aliphatic rings. The maximum atomic E-state index is 11.2. The normalized spacial score (nSPS) is 9.84. The first kappa shape index (κ1) is 15.0. The Labute approximate surface area is 113 Å². The fourth-order valence-electron chi connectivity index (χ4n) is 1.82. The van der Waals surface area contributed by atoms with Crippen molar-refractivity contribution in [2.45, 2.75) is 20.3 Å². The lowest BCUT2D eigenvalue weighted by Crippen LogP contribution is -2.27. The summed E-state index contributed by atoms with van der Waals surface area (Å²) in [5.74, 6) is -0.355. The summed E-state index contributed by atoms with van der Waals surface area (Å²) in [6.07, 6.45) is 0.318. The molecule has 0 saturated carbocycles. The molecule has 1 amide bonds. The number of hydrogen-bond acceptors (Lipinski definition) is 4. The third-order valence-corrected chi connectivity index (χ3v) is 2.75. The van der Waals surface area contributed by atoms with E-state index in [-0.39, 0.29) is 11.9 Å². The lowest BCUT2D eigenvalue weighted by molar-refractivity contribution is -0.140. The molecule has 0 aliphatic carbocycles. The van der Waals surface area contributed by atoms with Crippen LogP contribution in [0.5, 0.6) is 0 Å². The van der Waals surface area contributed by atoms with Gasteiger partial charge in [0.1, 0.15) is 0 Å². The molecule has 0 bridgehead atoms. The number of ether oxygens (including phenoxy) is 1. The average Bonchev–Trinajstić information content (AvgIpc) is 2.40. The van der Waals surface area contributed by atoms with Gasteiger partial charge in [0.2, 0.25) is 5.91 Å². The van der Waals surface area contributed by atoms with E-state index in [9.17, 15) is 9.59 Å². The van der Waals surface area contributed by atoms with Gasteiger partial charge in [-0.2, -0.15) is 0 Å². The van der Waals surface area contributed by atoms with Gasteiger partial charge >= 0.3 is 5.97 Å². The summed E-state index contributed by atoms with van der Waals surface area (Å²) in [5, 5.41) is 2.79. The van der Waals surface area contributed by atoms with E-state index in [0.29, 0.717) is 13.0 Å². The van der Waals surface area contributed by atoms with Gasteiger partial charge in [0.05, 0.1) is 24.9 Å². The zero-order valence-corrected chi connectivity index (χ0v) is 11.6. The average molecular weight is 264 g/mol. The maximum Gasteiger partial charge on any atom is 0.307 e. The zero-order valence-electron chi connectivity index (χ0n) is 11.6. The Hall–Kier alpha value is -2.04. The van der Waals surface area contributed by atoms with Crippen molar-refractivity contribution < 1.29 is 14.3 Å². The standard InChI is InChI=1S/C14H20N2O3/c1-4-16(10-9-14(18)19-3)13-8-6-5-7-12(13)15-11(2)17/h5-8H,4,9-10H2,1-3H3,(H,15,17). The fraction of sp³-hybridized carbons (Fsp3) is 0.429. The highest BCUT2D eigenvalue weighted by molar-refractivity contribution is 5.92. The van der Waals surface area contributed by atoms with E-state index in [1.54, 1.807) is 0 Å². The topological polar surface area (TPSA) is 58.6 Å². The number of methoxy groups -OCH3 is 1. The van der Waals surface area contributed by atoms with Gasteiger partial charge < -0.3 is 15.0 Å². The largest absolute Gasteiger partial charge is 0.469 e. The van der Waals surface area contributed by atoms with Crippen LogP contribution in [0.4, 0.5) is 11.4 Å². The number of nitrogens with zero attached hydrogens (tertiary/aromatic N) is 1. The van der Waals surface area contributed by atoms with Crippen molar-refractivity contribution >= 4 is 23.3 Å². The minimum absolute atomic E-state index is 0.114. The molecule has 0 radical (unpaired) electrons. The van der Waals surface area contributed by atoms with Gasteiger partial charge in [-0.05, 0) is 19.1 Å². The first-order valence-electron chi connectivity index (χ1n) is 6.26. The van der Waals surface area contributed by atoms with Crippen LogP contribution in [0.25, 0.3) is 0 Å². The number of anilines is 2. The molecule has 0 aromatic heterocycles. The van der Waals surface area contributed by atoms with Crippen LogP contribution >= 0.6 is 0 Å². The summed E-state index contributed by atoms with van der Waals surface area (Å²) in [6, 6.07) is 7.54. The molecule has 0 heterocycles. The van der Waals surface area contributed by atoms with E-state index in [2.05, 4.69) is 10.1 Å². The van der Waals surface area contributed by atoms with Crippen LogP contribution in [-0.2, 0) is 14.3 Å². The summed E-state index contributed by atoms with van der Waals surface area (Å²) < 4.78 is 4.64. The molecule has 1 N–H and O–H groups in total. The van der Waals surface area contributed by atoms with Crippen molar-refractivity contribution in [3.8, 4) is 0 Å². The van der Waals surface area contributed by atoms with E-state index >= 15 is 0 Å². The number of benzene rings is 1. The van der Waals surface area contributed by atoms with Gasteiger partial charge in [-0.15, -0.1) is 0 Å². The van der Waals surface area contributed by atoms with E-state index in [1.165, 1.54) is 14.0 Å². The predicted octanol–water partition coefficient (Wildman–Crippen LogP) is 2.03. The third-order valence-electron chi connectivity index (χ3n) is 2.75. The van der Waals surface area contributed by atoms with Gasteiger partial charge in [-0.1, -0.05) is 12.1 Å². The molecule has 0 saturated heterocycles. The highest BCUT2D eigenvalue weighted by atomic mass is 16.5. The number of para-hydroxylation sites is 2. The number of carbonyl (C=O) groups excluding carboxylic acids is 2. The van der Waals surface area contributed by atoms with E-state index in [1.807, 2.05) is 36.1 Å². The molecule has 0 aliphatic heterocycles. The van der Waals surface area contributed by atoms with Crippen molar-refractivity contribution in [2.75, 3.05) is 30.4 Å². The molecule has 19 heavy (non-hydrogen) atoms. The number of hydrogen-bond donors (Lipinski definition) is 1. The Morgan fingerprint density at radius 2 is 2.00 bits per heavy atom. The number of nitrogens with one attached hydrogen (secondary N) is 1. The Morgan fingerprint density at radius 3 is 2.58 bits per heavy atom. The van der Waals surface area contributed by atoms with E-state index < -0.39 is 0 Å². The second kappa shape index (κ2) is 7.41. The molecular formula is C14H20N2O3. The summed E-state index contributed by atoms with van der Waals surface area (Å²) in [5.41, 5.74) is 1.66. The van der Waals surface area contributed by atoms with Crippen LogP contribution in [-0.4, -0.2) is 32.1 Å². The molecule has 0 unspecified atom stereocenters. The van der Waals surface area contributed by atoms with Crippen molar-refractivity contribution in [1.82, 2.24) is 0 Å². The Kier molecular flexibility index (Phi) is 5.85. The lowest BCUT2D eigenvalue weighted by Gasteiger charge is -2.25. The van der Waals surface area contributed by atoms with Gasteiger partial charge in [-0.25, -0.2) is 0 Å². The van der Waals surface area contributed by atoms with E-state index in [4.69, 9.17) is 0 Å².